The van der Waals surface area contributed by atoms with E-state index in [1.54, 1.807) is 36.4 Å². The van der Waals surface area contributed by atoms with Crippen LogP contribution < -0.4 is 9.46 Å². The van der Waals surface area contributed by atoms with Crippen molar-refractivity contribution >= 4 is 16.0 Å². The lowest BCUT2D eigenvalue weighted by Gasteiger charge is -2.27. The van der Waals surface area contributed by atoms with Gasteiger partial charge in [0.1, 0.15) is 5.75 Å². The molecule has 4 rings (SSSR count). The summed E-state index contributed by atoms with van der Waals surface area (Å²) in [5.74, 6) is -0.564. The summed E-state index contributed by atoms with van der Waals surface area (Å²) < 4.78 is 34.5. The van der Waals surface area contributed by atoms with E-state index in [0.717, 1.165) is 40.9 Å². The Balaban J connectivity index is 1.55. The Morgan fingerprint density at radius 3 is 2.61 bits per heavy atom. The van der Waals surface area contributed by atoms with Crippen molar-refractivity contribution in [2.24, 2.45) is 0 Å². The van der Waals surface area contributed by atoms with Gasteiger partial charge in [-0.15, -0.1) is 0 Å². The van der Waals surface area contributed by atoms with Gasteiger partial charge >= 0.3 is 5.97 Å². The average molecular weight is 467 g/mol. The van der Waals surface area contributed by atoms with Gasteiger partial charge in [-0.25, -0.2) is 17.9 Å². The summed E-state index contributed by atoms with van der Waals surface area (Å²) in [7, 11) is -3.76. The molecule has 0 spiro atoms. The third-order valence-corrected chi connectivity index (χ3v) is 7.23. The number of carboxylic acids is 1. The molecule has 0 amide bonds. The zero-order valence-electron chi connectivity index (χ0n) is 18.3. The quantitative estimate of drug-likeness (QED) is 0.517. The normalized spacial score (nSPS) is 15.6. The minimum Gasteiger partial charge on any atom is -0.482 e. The number of carbonyl (C=O) groups is 1. The van der Waals surface area contributed by atoms with Crippen molar-refractivity contribution in [3.8, 4) is 17.0 Å². The molecule has 0 bridgehead atoms. The van der Waals surface area contributed by atoms with Gasteiger partial charge in [-0.3, -0.25) is 4.98 Å². The van der Waals surface area contributed by atoms with Crippen LogP contribution in [0.5, 0.6) is 5.75 Å². The number of hydrogen-bond donors (Lipinski definition) is 2. The number of hydrogen-bond acceptors (Lipinski definition) is 5. The SMILES string of the molecule is CCc1cccc(-c2ccc(S(=O)(=O)NC3CCCc4c(OCC(=O)O)cccc43)cc2)n1. The van der Waals surface area contributed by atoms with Crippen molar-refractivity contribution in [1.29, 1.82) is 0 Å². The Labute approximate surface area is 193 Å². The predicted molar refractivity (Wildman–Crippen MR) is 125 cm³/mol. The largest absolute Gasteiger partial charge is 0.482 e. The summed E-state index contributed by atoms with van der Waals surface area (Å²) in [6.07, 6.45) is 2.96. The third kappa shape index (κ3) is 5.23. The molecule has 0 saturated carbocycles. The molecule has 8 heteroatoms. The Bertz CT molecular complexity index is 1260. The monoisotopic (exact) mass is 466 g/mol. The lowest BCUT2D eigenvalue weighted by molar-refractivity contribution is -0.139. The molecule has 0 aliphatic heterocycles. The average Bonchev–Trinajstić information content (AvgIpc) is 2.83. The van der Waals surface area contributed by atoms with E-state index in [9.17, 15) is 13.2 Å². The Hall–Kier alpha value is -3.23. The first-order chi connectivity index (χ1) is 15.9. The topological polar surface area (TPSA) is 106 Å². The number of fused-ring (bicyclic) bond motifs is 1. The van der Waals surface area contributed by atoms with E-state index in [4.69, 9.17) is 9.84 Å². The van der Waals surface area contributed by atoms with Crippen molar-refractivity contribution in [2.75, 3.05) is 6.61 Å². The number of carboxylic acid groups (broad SMARTS) is 1. The number of nitrogens with zero attached hydrogens (tertiary/aromatic N) is 1. The first-order valence-corrected chi connectivity index (χ1v) is 12.4. The number of rotatable bonds is 8. The van der Waals surface area contributed by atoms with Crippen LogP contribution >= 0.6 is 0 Å². The molecule has 1 aliphatic carbocycles. The Kier molecular flexibility index (Phi) is 6.76. The first-order valence-electron chi connectivity index (χ1n) is 10.9. The second-order valence-electron chi connectivity index (χ2n) is 7.96. The second-order valence-corrected chi connectivity index (χ2v) is 9.68. The van der Waals surface area contributed by atoms with E-state index in [2.05, 4.69) is 9.71 Å². The zero-order valence-corrected chi connectivity index (χ0v) is 19.1. The van der Waals surface area contributed by atoms with Crippen LogP contribution in [0.4, 0.5) is 0 Å². The molecular formula is C25H26N2O5S. The number of ether oxygens (including phenoxy) is 1. The van der Waals surface area contributed by atoms with Crippen LogP contribution in [0, 0.1) is 0 Å². The fourth-order valence-corrected chi connectivity index (χ4v) is 5.36. The molecule has 2 N–H and O–H groups in total. The molecule has 1 unspecified atom stereocenters. The summed E-state index contributed by atoms with van der Waals surface area (Å²) in [4.78, 5) is 15.7. The van der Waals surface area contributed by atoms with Crippen LogP contribution in [0.1, 0.15) is 42.6 Å². The molecule has 33 heavy (non-hydrogen) atoms. The van der Waals surface area contributed by atoms with Gasteiger partial charge in [0.15, 0.2) is 6.61 Å². The Morgan fingerprint density at radius 1 is 1.12 bits per heavy atom. The van der Waals surface area contributed by atoms with Crippen LogP contribution in [0.2, 0.25) is 0 Å². The molecular weight excluding hydrogens is 440 g/mol. The van der Waals surface area contributed by atoms with Gasteiger partial charge in [0.25, 0.3) is 0 Å². The van der Waals surface area contributed by atoms with E-state index in [1.807, 2.05) is 31.2 Å². The summed E-state index contributed by atoms with van der Waals surface area (Å²) in [6.45, 7) is 1.60. The lowest BCUT2D eigenvalue weighted by atomic mass is 9.87. The van der Waals surface area contributed by atoms with Crippen LogP contribution in [-0.2, 0) is 27.7 Å². The van der Waals surface area contributed by atoms with Crippen molar-refractivity contribution in [3.05, 3.63) is 77.5 Å². The fourth-order valence-electron chi connectivity index (χ4n) is 4.11. The Morgan fingerprint density at radius 2 is 1.88 bits per heavy atom. The molecule has 7 nitrogen and oxygen atoms in total. The fraction of sp³-hybridized carbons (Fsp3) is 0.280. The van der Waals surface area contributed by atoms with Gasteiger partial charge in [0.2, 0.25) is 10.0 Å². The van der Waals surface area contributed by atoms with E-state index < -0.39 is 28.6 Å². The summed E-state index contributed by atoms with van der Waals surface area (Å²) in [5, 5.41) is 8.91. The van der Waals surface area contributed by atoms with Crippen LogP contribution in [0.3, 0.4) is 0 Å². The second kappa shape index (κ2) is 9.72. The molecule has 172 valence electrons. The van der Waals surface area contributed by atoms with Gasteiger partial charge in [-0.05, 0) is 67.1 Å². The maximum atomic E-state index is 13.1. The molecule has 0 radical (unpaired) electrons. The molecule has 1 heterocycles. The van der Waals surface area contributed by atoms with Crippen molar-refractivity contribution in [3.63, 3.8) is 0 Å². The zero-order chi connectivity index (χ0) is 23.4. The maximum Gasteiger partial charge on any atom is 0.341 e. The van der Waals surface area contributed by atoms with Crippen LogP contribution in [-0.4, -0.2) is 31.1 Å². The number of aromatic nitrogens is 1. The highest BCUT2D eigenvalue weighted by molar-refractivity contribution is 7.89. The number of sulfonamides is 1. The number of aliphatic carboxylic acids is 1. The number of nitrogens with one attached hydrogen (secondary N) is 1. The van der Waals surface area contributed by atoms with E-state index in [-0.39, 0.29) is 4.90 Å². The molecule has 0 saturated heterocycles. The van der Waals surface area contributed by atoms with Crippen molar-refractivity contribution in [2.45, 2.75) is 43.5 Å². The minimum atomic E-state index is -3.76. The molecule has 0 fully saturated rings. The van der Waals surface area contributed by atoms with Crippen LogP contribution in [0.25, 0.3) is 11.3 Å². The lowest BCUT2D eigenvalue weighted by Crippen LogP contribution is -2.31. The van der Waals surface area contributed by atoms with E-state index in [1.165, 1.54) is 0 Å². The van der Waals surface area contributed by atoms with Gasteiger partial charge in [-0.2, -0.15) is 0 Å². The van der Waals surface area contributed by atoms with Gasteiger partial charge in [0.05, 0.1) is 10.6 Å². The summed E-state index contributed by atoms with van der Waals surface area (Å²) in [6, 6.07) is 17.5. The smallest absolute Gasteiger partial charge is 0.341 e. The maximum absolute atomic E-state index is 13.1. The molecule has 1 atom stereocenters. The van der Waals surface area contributed by atoms with Crippen molar-refractivity contribution < 1.29 is 23.1 Å². The van der Waals surface area contributed by atoms with Gasteiger partial charge < -0.3 is 9.84 Å². The molecule has 1 aliphatic rings. The van der Waals surface area contributed by atoms with Crippen molar-refractivity contribution in [1.82, 2.24) is 9.71 Å². The molecule has 3 aromatic rings. The van der Waals surface area contributed by atoms with E-state index in [0.29, 0.717) is 18.6 Å². The number of aryl methyl sites for hydroxylation is 1. The molecule has 1 aromatic heterocycles. The summed E-state index contributed by atoms with van der Waals surface area (Å²) in [5.41, 5.74) is 4.32. The highest BCUT2D eigenvalue weighted by atomic mass is 32.2. The van der Waals surface area contributed by atoms with E-state index >= 15 is 0 Å². The standard InChI is InChI=1S/C25H26N2O5S/c1-2-18-6-3-9-22(26-18)17-12-14-19(15-13-17)33(30,31)27-23-10-4-8-21-20(23)7-5-11-24(21)32-16-25(28)29/h3,5-7,9,11-15,23,27H,2,4,8,10,16H2,1H3,(H,28,29). The van der Waals surface area contributed by atoms with Crippen LogP contribution in [0.15, 0.2) is 65.6 Å². The number of pyridine rings is 1. The van der Waals surface area contributed by atoms with Gasteiger partial charge in [0, 0.05) is 17.3 Å². The predicted octanol–water partition coefficient (Wildman–Crippen LogP) is 4.13. The summed E-state index contributed by atoms with van der Waals surface area (Å²) >= 11 is 0. The van der Waals surface area contributed by atoms with Gasteiger partial charge in [-0.1, -0.05) is 37.3 Å². The number of benzene rings is 2. The minimum absolute atomic E-state index is 0.184. The third-order valence-electron chi connectivity index (χ3n) is 5.74. The first kappa shape index (κ1) is 22.9. The molecule has 2 aromatic carbocycles. The highest BCUT2D eigenvalue weighted by Crippen LogP contribution is 2.36. The highest BCUT2D eigenvalue weighted by Gasteiger charge is 2.27.